The molecule has 0 saturated heterocycles. The highest BCUT2D eigenvalue weighted by molar-refractivity contribution is 7.92. The number of halogens is 2. The molecule has 0 aromatic heterocycles. The van der Waals surface area contributed by atoms with Gasteiger partial charge in [-0.05, 0) is 0 Å². The first kappa shape index (κ1) is 13.8. The summed E-state index contributed by atoms with van der Waals surface area (Å²) in [7, 11) is -4.25. The molecule has 0 aliphatic heterocycles. The number of benzene rings is 1. The third kappa shape index (κ3) is 3.11. The van der Waals surface area contributed by atoms with Crippen molar-refractivity contribution in [2.24, 2.45) is 0 Å². The maximum atomic E-state index is 13.3. The Balaban J connectivity index is 3.33. The van der Waals surface area contributed by atoms with Gasteiger partial charge in [0.15, 0.2) is 17.3 Å². The monoisotopic (exact) mass is 277 g/mol. The molecule has 7 nitrogen and oxygen atoms in total. The van der Waals surface area contributed by atoms with E-state index in [1.54, 1.807) is 0 Å². The van der Waals surface area contributed by atoms with Gasteiger partial charge in [-0.3, -0.25) is 14.8 Å². The van der Waals surface area contributed by atoms with Crippen LogP contribution >= 0.6 is 0 Å². The van der Waals surface area contributed by atoms with Crippen molar-refractivity contribution in [2.45, 2.75) is 0 Å². The second kappa shape index (κ2) is 4.92. The van der Waals surface area contributed by atoms with Crippen LogP contribution in [0.4, 0.5) is 20.2 Å². The van der Waals surface area contributed by atoms with E-state index in [9.17, 15) is 27.3 Å². The summed E-state index contributed by atoms with van der Waals surface area (Å²) in [5, 5.41) is 18.8. The molecule has 0 fully saturated rings. The zero-order chi connectivity index (χ0) is 13.9. The molecule has 96 valence electrons. The number of nitrogens with one attached hydrogen (secondary N) is 1. The fourth-order valence-electron chi connectivity index (χ4n) is 1.08. The number of nitro benzene ring substituents is 1. The largest absolute Gasteiger partial charge is 0.299 e. The topological polar surface area (TPSA) is 113 Å². The molecule has 0 amide bonds. The summed E-state index contributed by atoms with van der Waals surface area (Å²) in [6.07, 6.45) is 0. The van der Waals surface area contributed by atoms with Crippen LogP contribution in [0.25, 0.3) is 0 Å². The Morgan fingerprint density at radius 1 is 1.44 bits per heavy atom. The van der Waals surface area contributed by atoms with Crippen molar-refractivity contribution < 1.29 is 22.1 Å². The van der Waals surface area contributed by atoms with E-state index in [2.05, 4.69) is 0 Å². The molecule has 0 radical (unpaired) electrons. The van der Waals surface area contributed by atoms with Gasteiger partial charge in [-0.25, -0.2) is 17.2 Å². The van der Waals surface area contributed by atoms with E-state index in [1.807, 2.05) is 0 Å². The Hall–Kier alpha value is -2.28. The smallest absolute Gasteiger partial charge is 0.274 e. The molecule has 10 heteroatoms. The van der Waals surface area contributed by atoms with E-state index in [4.69, 9.17) is 5.26 Å². The molecular weight excluding hydrogens is 272 g/mol. The number of rotatable bonds is 4. The molecule has 1 aromatic carbocycles. The molecular formula is C8H5F2N3O4S. The quantitative estimate of drug-likeness (QED) is 0.654. The molecule has 0 bridgehead atoms. The van der Waals surface area contributed by atoms with Crippen molar-refractivity contribution in [3.05, 3.63) is 33.9 Å². The highest BCUT2D eigenvalue weighted by Gasteiger charge is 2.24. The Labute approximate surface area is 99.8 Å². The van der Waals surface area contributed by atoms with Crippen LogP contribution in [0.15, 0.2) is 12.1 Å². The summed E-state index contributed by atoms with van der Waals surface area (Å²) in [5.74, 6) is -3.67. The van der Waals surface area contributed by atoms with E-state index in [-0.39, 0.29) is 6.07 Å². The van der Waals surface area contributed by atoms with Crippen molar-refractivity contribution in [1.29, 1.82) is 5.26 Å². The normalized spacial score (nSPS) is 10.7. The van der Waals surface area contributed by atoms with Gasteiger partial charge >= 0.3 is 0 Å². The molecule has 1 aromatic rings. The molecule has 18 heavy (non-hydrogen) atoms. The lowest BCUT2D eigenvalue weighted by Gasteiger charge is -2.07. The average Bonchev–Trinajstić information content (AvgIpc) is 2.21. The predicted molar refractivity (Wildman–Crippen MR) is 56.0 cm³/mol. The van der Waals surface area contributed by atoms with E-state index < -0.39 is 43.7 Å². The number of nitriles is 1. The zero-order valence-corrected chi connectivity index (χ0v) is 9.37. The number of nitrogens with zero attached hydrogens (tertiary/aromatic N) is 2. The van der Waals surface area contributed by atoms with Crippen LogP contribution in [0.3, 0.4) is 0 Å². The first-order valence-electron chi connectivity index (χ1n) is 4.27. The summed E-state index contributed by atoms with van der Waals surface area (Å²) < 4.78 is 50.0. The highest BCUT2D eigenvalue weighted by atomic mass is 32.2. The van der Waals surface area contributed by atoms with Crippen LogP contribution < -0.4 is 4.72 Å². The third-order valence-corrected chi connectivity index (χ3v) is 2.77. The van der Waals surface area contributed by atoms with E-state index in [0.717, 1.165) is 0 Å². The van der Waals surface area contributed by atoms with Gasteiger partial charge in [-0.1, -0.05) is 0 Å². The lowest BCUT2D eigenvalue weighted by molar-refractivity contribution is -0.384. The first-order valence-corrected chi connectivity index (χ1v) is 5.93. The van der Waals surface area contributed by atoms with Crippen LogP contribution in [0.5, 0.6) is 0 Å². The molecule has 0 aliphatic rings. The summed E-state index contributed by atoms with van der Waals surface area (Å²) in [5.41, 5.74) is -2.08. The van der Waals surface area contributed by atoms with Crippen LogP contribution in [-0.2, 0) is 10.0 Å². The number of anilines is 1. The minimum atomic E-state index is -4.25. The molecule has 0 atom stereocenters. The van der Waals surface area contributed by atoms with Gasteiger partial charge in [-0.2, -0.15) is 5.26 Å². The Kier molecular flexibility index (Phi) is 3.77. The SMILES string of the molecule is N#CCS(=O)(=O)Nc1c(F)cc(F)cc1[N+](=O)[O-]. The Morgan fingerprint density at radius 3 is 2.56 bits per heavy atom. The lowest BCUT2D eigenvalue weighted by Crippen LogP contribution is -2.17. The van der Waals surface area contributed by atoms with Gasteiger partial charge < -0.3 is 0 Å². The second-order valence-corrected chi connectivity index (χ2v) is 4.78. The summed E-state index contributed by atoms with van der Waals surface area (Å²) in [4.78, 5) is 9.40. The van der Waals surface area contributed by atoms with Crippen LogP contribution in [-0.4, -0.2) is 19.1 Å². The fourth-order valence-corrected chi connectivity index (χ4v) is 1.84. The highest BCUT2D eigenvalue weighted by Crippen LogP contribution is 2.29. The van der Waals surface area contributed by atoms with E-state index in [1.165, 1.54) is 10.8 Å². The summed E-state index contributed by atoms with van der Waals surface area (Å²) >= 11 is 0. The van der Waals surface area contributed by atoms with Crippen molar-refractivity contribution in [3.8, 4) is 6.07 Å². The maximum Gasteiger partial charge on any atom is 0.299 e. The Bertz CT molecular complexity index is 638. The molecule has 0 heterocycles. The maximum absolute atomic E-state index is 13.3. The number of nitro groups is 1. The molecule has 1 rings (SSSR count). The van der Waals surface area contributed by atoms with Crippen molar-refractivity contribution in [1.82, 2.24) is 0 Å². The van der Waals surface area contributed by atoms with Crippen LogP contribution in [0.2, 0.25) is 0 Å². The van der Waals surface area contributed by atoms with E-state index >= 15 is 0 Å². The average molecular weight is 277 g/mol. The number of sulfonamides is 1. The number of hydrogen-bond donors (Lipinski definition) is 1. The van der Waals surface area contributed by atoms with Crippen LogP contribution in [0.1, 0.15) is 0 Å². The summed E-state index contributed by atoms with van der Waals surface area (Å²) in [6, 6.07) is 1.95. The van der Waals surface area contributed by atoms with Gasteiger partial charge in [0, 0.05) is 6.07 Å². The molecule has 0 unspecified atom stereocenters. The molecule has 0 spiro atoms. The van der Waals surface area contributed by atoms with Crippen molar-refractivity contribution >= 4 is 21.4 Å². The third-order valence-electron chi connectivity index (χ3n) is 1.74. The fraction of sp³-hybridized carbons (Fsp3) is 0.125. The van der Waals surface area contributed by atoms with E-state index in [0.29, 0.717) is 6.07 Å². The van der Waals surface area contributed by atoms with Gasteiger partial charge in [0.05, 0.1) is 17.1 Å². The lowest BCUT2D eigenvalue weighted by atomic mass is 10.2. The van der Waals surface area contributed by atoms with Crippen molar-refractivity contribution in [2.75, 3.05) is 10.5 Å². The standard InChI is InChI=1S/C8H5F2N3O4S/c9-5-3-6(10)8(7(4-5)13(14)15)12-18(16,17)2-1-11/h3-4,12H,2H2. The van der Waals surface area contributed by atoms with Gasteiger partial charge in [-0.15, -0.1) is 0 Å². The molecule has 0 saturated carbocycles. The van der Waals surface area contributed by atoms with Gasteiger partial charge in [0.25, 0.3) is 5.69 Å². The number of hydrogen-bond acceptors (Lipinski definition) is 5. The minimum Gasteiger partial charge on any atom is -0.274 e. The first-order chi connectivity index (χ1) is 8.26. The second-order valence-electron chi connectivity index (χ2n) is 3.06. The summed E-state index contributed by atoms with van der Waals surface area (Å²) in [6.45, 7) is 0. The molecule has 1 N–H and O–H groups in total. The van der Waals surface area contributed by atoms with Crippen LogP contribution in [0, 0.1) is 33.1 Å². The molecule has 0 aliphatic carbocycles. The van der Waals surface area contributed by atoms with Gasteiger partial charge in [0.1, 0.15) is 5.82 Å². The zero-order valence-electron chi connectivity index (χ0n) is 8.55. The van der Waals surface area contributed by atoms with Crippen molar-refractivity contribution in [3.63, 3.8) is 0 Å². The predicted octanol–water partition coefficient (Wildman–Crippen LogP) is 1.14. The minimum absolute atomic E-state index is 0.289. The van der Waals surface area contributed by atoms with Gasteiger partial charge in [0.2, 0.25) is 10.0 Å². The Morgan fingerprint density at radius 2 is 2.06 bits per heavy atom.